The number of aromatic carboxylic acids is 1. The third-order valence-corrected chi connectivity index (χ3v) is 2.20. The van der Waals surface area contributed by atoms with Crippen LogP contribution in [0.3, 0.4) is 0 Å². The maximum Gasteiger partial charge on any atom is 0.335 e. The summed E-state index contributed by atoms with van der Waals surface area (Å²) >= 11 is 0. The zero-order valence-corrected chi connectivity index (χ0v) is 10.6. The molecule has 0 aliphatic carbocycles. The second kappa shape index (κ2) is 7.86. The van der Waals surface area contributed by atoms with Gasteiger partial charge in [0.1, 0.15) is 6.61 Å². The van der Waals surface area contributed by atoms with Gasteiger partial charge in [-0.2, -0.15) is 0 Å². The summed E-state index contributed by atoms with van der Waals surface area (Å²) in [6.07, 6.45) is 2.11. The third-order valence-electron chi connectivity index (χ3n) is 2.20. The molecule has 1 amide bonds. The van der Waals surface area contributed by atoms with Gasteiger partial charge in [0.2, 0.25) is 5.91 Å². The Morgan fingerprint density at radius 2 is 2.26 bits per heavy atom. The zero-order valence-electron chi connectivity index (χ0n) is 10.6. The van der Waals surface area contributed by atoms with Crippen LogP contribution in [0.15, 0.2) is 29.4 Å². The highest BCUT2D eigenvalue weighted by Crippen LogP contribution is 2.03. The summed E-state index contributed by atoms with van der Waals surface area (Å²) in [6.45, 7) is 2.38. The Morgan fingerprint density at radius 1 is 1.47 bits per heavy atom. The summed E-state index contributed by atoms with van der Waals surface area (Å²) in [6, 6.07) is 6.39. The number of carbonyl (C=O) groups is 2. The van der Waals surface area contributed by atoms with Gasteiger partial charge < -0.3 is 15.3 Å². The summed E-state index contributed by atoms with van der Waals surface area (Å²) in [5.74, 6) is -1.06. The van der Waals surface area contributed by atoms with E-state index in [4.69, 9.17) is 9.94 Å². The second-order valence-corrected chi connectivity index (χ2v) is 3.83. The lowest BCUT2D eigenvalue weighted by atomic mass is 10.1. The van der Waals surface area contributed by atoms with Crippen LogP contribution < -0.4 is 5.32 Å². The van der Waals surface area contributed by atoms with Crippen LogP contribution in [0, 0.1) is 0 Å². The summed E-state index contributed by atoms with van der Waals surface area (Å²) in [5.41, 5.74) is 0.858. The van der Waals surface area contributed by atoms with Crippen molar-refractivity contribution in [2.75, 3.05) is 13.2 Å². The van der Waals surface area contributed by atoms with E-state index in [0.29, 0.717) is 25.1 Å². The molecule has 2 N–H and O–H groups in total. The normalized spacial score (nSPS) is 10.4. The first-order valence-electron chi connectivity index (χ1n) is 5.82. The van der Waals surface area contributed by atoms with E-state index in [2.05, 4.69) is 10.5 Å². The average molecular weight is 264 g/mol. The molecule has 6 nitrogen and oxygen atoms in total. The SMILES string of the molecule is CC(=O)NCCCO/N=C\c1cccc(C(=O)O)c1. The lowest BCUT2D eigenvalue weighted by molar-refractivity contribution is -0.119. The molecular weight excluding hydrogens is 248 g/mol. The Balaban J connectivity index is 2.30. The zero-order chi connectivity index (χ0) is 14.1. The highest BCUT2D eigenvalue weighted by molar-refractivity contribution is 5.90. The molecule has 0 spiro atoms. The van der Waals surface area contributed by atoms with Crippen LogP contribution in [-0.4, -0.2) is 36.3 Å². The highest BCUT2D eigenvalue weighted by atomic mass is 16.6. The molecule has 0 heterocycles. The van der Waals surface area contributed by atoms with Gasteiger partial charge in [0, 0.05) is 19.9 Å². The van der Waals surface area contributed by atoms with Crippen molar-refractivity contribution < 1.29 is 19.5 Å². The molecule has 0 fully saturated rings. The lowest BCUT2D eigenvalue weighted by Crippen LogP contribution is -2.21. The Kier molecular flexibility index (Phi) is 6.08. The molecule has 0 bridgehead atoms. The molecule has 1 aromatic rings. The molecule has 0 radical (unpaired) electrons. The fraction of sp³-hybridized carbons (Fsp3) is 0.308. The molecule has 0 unspecified atom stereocenters. The Morgan fingerprint density at radius 3 is 2.95 bits per heavy atom. The van der Waals surface area contributed by atoms with Gasteiger partial charge in [-0.25, -0.2) is 4.79 Å². The smallest absolute Gasteiger partial charge is 0.335 e. The molecule has 0 aromatic heterocycles. The van der Waals surface area contributed by atoms with Gasteiger partial charge >= 0.3 is 5.97 Å². The minimum absolute atomic E-state index is 0.0750. The average Bonchev–Trinajstić information content (AvgIpc) is 2.37. The van der Waals surface area contributed by atoms with Crippen LogP contribution in [-0.2, 0) is 9.63 Å². The molecular formula is C13H16N2O4. The fourth-order valence-electron chi connectivity index (χ4n) is 1.30. The van der Waals surface area contributed by atoms with E-state index < -0.39 is 5.97 Å². The van der Waals surface area contributed by atoms with Crippen molar-refractivity contribution in [3.8, 4) is 0 Å². The Bertz CT molecular complexity index is 471. The van der Waals surface area contributed by atoms with Gasteiger partial charge in [-0.05, 0) is 17.7 Å². The van der Waals surface area contributed by atoms with Crippen molar-refractivity contribution in [1.82, 2.24) is 5.32 Å². The molecule has 102 valence electrons. The van der Waals surface area contributed by atoms with Crippen molar-refractivity contribution in [1.29, 1.82) is 0 Å². The number of carboxylic acid groups (broad SMARTS) is 1. The summed E-state index contributed by atoms with van der Waals surface area (Å²) in [7, 11) is 0. The number of amides is 1. The predicted octanol–water partition coefficient (Wildman–Crippen LogP) is 1.26. The van der Waals surface area contributed by atoms with Crippen LogP contribution in [0.25, 0.3) is 0 Å². The van der Waals surface area contributed by atoms with E-state index >= 15 is 0 Å². The summed E-state index contributed by atoms with van der Waals surface area (Å²) in [5, 5.41) is 15.2. The predicted molar refractivity (Wildman–Crippen MR) is 70.2 cm³/mol. The molecule has 1 aromatic carbocycles. The van der Waals surface area contributed by atoms with Gasteiger partial charge in [0.05, 0.1) is 11.8 Å². The van der Waals surface area contributed by atoms with E-state index in [1.807, 2.05) is 0 Å². The number of hydrogen-bond donors (Lipinski definition) is 2. The highest BCUT2D eigenvalue weighted by Gasteiger charge is 2.01. The van der Waals surface area contributed by atoms with Gasteiger partial charge in [0.25, 0.3) is 0 Å². The number of hydrogen-bond acceptors (Lipinski definition) is 4. The second-order valence-electron chi connectivity index (χ2n) is 3.83. The largest absolute Gasteiger partial charge is 0.478 e. The van der Waals surface area contributed by atoms with Crippen molar-refractivity contribution in [3.05, 3.63) is 35.4 Å². The first-order chi connectivity index (χ1) is 9.09. The van der Waals surface area contributed by atoms with Crippen LogP contribution in [0.1, 0.15) is 29.3 Å². The van der Waals surface area contributed by atoms with Gasteiger partial charge in [-0.3, -0.25) is 4.79 Å². The number of rotatable bonds is 7. The van der Waals surface area contributed by atoms with E-state index in [1.165, 1.54) is 25.3 Å². The fourth-order valence-corrected chi connectivity index (χ4v) is 1.30. The topological polar surface area (TPSA) is 88.0 Å². The molecule has 0 aliphatic rings. The van der Waals surface area contributed by atoms with E-state index in [9.17, 15) is 9.59 Å². The Labute approximate surface area is 111 Å². The first kappa shape index (κ1) is 14.7. The monoisotopic (exact) mass is 264 g/mol. The maximum atomic E-state index is 10.7. The molecule has 6 heteroatoms. The number of oxime groups is 1. The van der Waals surface area contributed by atoms with Gasteiger partial charge in [-0.1, -0.05) is 17.3 Å². The van der Waals surface area contributed by atoms with E-state index in [0.717, 1.165) is 0 Å². The lowest BCUT2D eigenvalue weighted by Gasteiger charge is -2.01. The number of benzene rings is 1. The van der Waals surface area contributed by atoms with Crippen LogP contribution >= 0.6 is 0 Å². The first-order valence-corrected chi connectivity index (χ1v) is 5.82. The van der Waals surface area contributed by atoms with E-state index in [1.54, 1.807) is 12.1 Å². The number of nitrogens with zero attached hydrogens (tertiary/aromatic N) is 1. The third kappa shape index (κ3) is 6.21. The van der Waals surface area contributed by atoms with Crippen molar-refractivity contribution >= 4 is 18.1 Å². The minimum atomic E-state index is -0.980. The summed E-state index contributed by atoms with van der Waals surface area (Å²) in [4.78, 5) is 26.3. The summed E-state index contributed by atoms with van der Waals surface area (Å²) < 4.78 is 0. The van der Waals surface area contributed by atoms with Gasteiger partial charge in [-0.15, -0.1) is 0 Å². The number of carbonyl (C=O) groups excluding carboxylic acids is 1. The molecule has 1 rings (SSSR count). The molecule has 0 atom stereocenters. The molecule has 19 heavy (non-hydrogen) atoms. The van der Waals surface area contributed by atoms with E-state index in [-0.39, 0.29) is 11.5 Å². The maximum absolute atomic E-state index is 10.7. The van der Waals surface area contributed by atoms with Crippen molar-refractivity contribution in [2.24, 2.45) is 5.16 Å². The van der Waals surface area contributed by atoms with Crippen molar-refractivity contribution in [3.63, 3.8) is 0 Å². The van der Waals surface area contributed by atoms with Crippen LogP contribution in [0.2, 0.25) is 0 Å². The van der Waals surface area contributed by atoms with Gasteiger partial charge in [0.15, 0.2) is 0 Å². The number of nitrogens with one attached hydrogen (secondary N) is 1. The molecule has 0 aliphatic heterocycles. The molecule has 0 saturated heterocycles. The quantitative estimate of drug-likeness (QED) is 0.441. The van der Waals surface area contributed by atoms with Crippen molar-refractivity contribution in [2.45, 2.75) is 13.3 Å². The van der Waals surface area contributed by atoms with Crippen LogP contribution in [0.5, 0.6) is 0 Å². The molecule has 0 saturated carbocycles. The number of carboxylic acids is 1. The standard InChI is InChI=1S/C13H16N2O4/c1-10(16)14-6-3-7-19-15-9-11-4-2-5-12(8-11)13(17)18/h2,4-5,8-9H,3,6-7H2,1H3,(H,14,16)(H,17,18)/b15-9-. The minimum Gasteiger partial charge on any atom is -0.478 e. The van der Waals surface area contributed by atoms with Crippen LogP contribution in [0.4, 0.5) is 0 Å². The Hall–Kier alpha value is -2.37.